The van der Waals surface area contributed by atoms with Crippen LogP contribution in [0.2, 0.25) is 0 Å². The maximum Gasteiger partial charge on any atom is 0.253 e. The molecule has 1 N–H and O–H groups in total. The largest absolute Gasteiger partial charge is 0.338 e. The van der Waals surface area contributed by atoms with Crippen molar-refractivity contribution in [2.75, 3.05) is 0 Å². The number of aromatic nitrogens is 2. The lowest BCUT2D eigenvalue weighted by Gasteiger charge is -2.19. The third-order valence-corrected chi connectivity index (χ3v) is 5.13. The van der Waals surface area contributed by atoms with Crippen LogP contribution in [-0.2, 0) is 7.05 Å². The monoisotopic (exact) mass is 495 g/mol. The van der Waals surface area contributed by atoms with Crippen LogP contribution in [0.3, 0.4) is 0 Å². The van der Waals surface area contributed by atoms with Crippen LogP contribution >= 0.6 is 38.5 Å². The highest BCUT2D eigenvalue weighted by Gasteiger charge is 2.22. The van der Waals surface area contributed by atoms with Crippen molar-refractivity contribution in [2.45, 2.75) is 6.04 Å². The van der Waals surface area contributed by atoms with E-state index in [-0.39, 0.29) is 11.9 Å². The molecule has 24 heavy (non-hydrogen) atoms. The normalized spacial score (nSPS) is 12.0. The SMILES string of the molecule is Cn1ccnc1C(NC(=O)c1cc(Br)ccc1I)c1ccccc1. The molecule has 6 heteroatoms. The molecule has 1 amide bonds. The number of hydrogen-bond acceptors (Lipinski definition) is 2. The van der Waals surface area contributed by atoms with Crippen molar-refractivity contribution in [2.24, 2.45) is 7.05 Å². The number of aryl methyl sites for hydroxylation is 1. The van der Waals surface area contributed by atoms with E-state index in [4.69, 9.17) is 0 Å². The van der Waals surface area contributed by atoms with Crippen molar-refractivity contribution in [3.8, 4) is 0 Å². The van der Waals surface area contributed by atoms with Gasteiger partial charge in [0.25, 0.3) is 5.91 Å². The molecule has 3 aromatic rings. The highest BCUT2D eigenvalue weighted by atomic mass is 127. The van der Waals surface area contributed by atoms with Gasteiger partial charge in [0.05, 0.1) is 5.56 Å². The van der Waals surface area contributed by atoms with Crippen molar-refractivity contribution >= 4 is 44.4 Å². The second-order valence-electron chi connectivity index (χ2n) is 5.34. The minimum atomic E-state index is -0.312. The number of rotatable bonds is 4. The van der Waals surface area contributed by atoms with Gasteiger partial charge in [0.1, 0.15) is 11.9 Å². The second kappa shape index (κ2) is 7.48. The molecule has 2 aromatic carbocycles. The lowest BCUT2D eigenvalue weighted by atomic mass is 10.1. The number of nitrogens with one attached hydrogen (secondary N) is 1. The molecule has 1 aromatic heterocycles. The Morgan fingerprint density at radius 1 is 1.25 bits per heavy atom. The summed E-state index contributed by atoms with van der Waals surface area (Å²) in [6, 6.07) is 15.2. The molecule has 0 radical (unpaired) electrons. The number of imidazole rings is 1. The van der Waals surface area contributed by atoms with Gasteiger partial charge < -0.3 is 9.88 Å². The summed E-state index contributed by atoms with van der Waals surface area (Å²) in [5.41, 5.74) is 1.63. The smallest absolute Gasteiger partial charge is 0.253 e. The topological polar surface area (TPSA) is 46.9 Å². The Morgan fingerprint density at radius 2 is 2.00 bits per heavy atom. The Balaban J connectivity index is 1.97. The number of carbonyl (C=O) groups excluding carboxylic acids is 1. The van der Waals surface area contributed by atoms with Crippen LogP contribution in [0.5, 0.6) is 0 Å². The van der Waals surface area contributed by atoms with Crippen LogP contribution in [0.4, 0.5) is 0 Å². The van der Waals surface area contributed by atoms with Crippen LogP contribution in [0.15, 0.2) is 65.4 Å². The van der Waals surface area contributed by atoms with Crippen molar-refractivity contribution < 1.29 is 4.79 Å². The number of carbonyl (C=O) groups is 1. The van der Waals surface area contributed by atoms with Gasteiger partial charge in [-0.25, -0.2) is 4.98 Å². The summed E-state index contributed by atoms with van der Waals surface area (Å²) in [6.45, 7) is 0. The van der Waals surface area contributed by atoms with E-state index in [0.717, 1.165) is 19.4 Å². The molecule has 4 nitrogen and oxygen atoms in total. The Kier molecular flexibility index (Phi) is 5.35. The molecule has 3 rings (SSSR count). The predicted octanol–water partition coefficient (Wildman–Crippen LogP) is 4.31. The summed E-state index contributed by atoms with van der Waals surface area (Å²) in [4.78, 5) is 17.3. The van der Waals surface area contributed by atoms with E-state index >= 15 is 0 Å². The van der Waals surface area contributed by atoms with Gasteiger partial charge in [0, 0.05) is 27.5 Å². The summed E-state index contributed by atoms with van der Waals surface area (Å²) < 4.78 is 3.70. The van der Waals surface area contributed by atoms with E-state index < -0.39 is 0 Å². The lowest BCUT2D eigenvalue weighted by Crippen LogP contribution is -2.31. The van der Waals surface area contributed by atoms with Crippen molar-refractivity contribution in [3.05, 3.63) is 85.9 Å². The molecule has 0 spiro atoms. The van der Waals surface area contributed by atoms with Gasteiger partial charge in [-0.2, -0.15) is 0 Å². The molecule has 0 fully saturated rings. The molecule has 0 aliphatic carbocycles. The van der Waals surface area contributed by atoms with E-state index in [1.165, 1.54) is 0 Å². The summed E-state index contributed by atoms with van der Waals surface area (Å²) >= 11 is 5.60. The molecule has 1 atom stereocenters. The van der Waals surface area contributed by atoms with Crippen LogP contribution in [-0.4, -0.2) is 15.5 Å². The van der Waals surface area contributed by atoms with E-state index in [1.807, 2.05) is 66.3 Å². The number of hydrogen-bond donors (Lipinski definition) is 1. The fraction of sp³-hybridized carbons (Fsp3) is 0.111. The second-order valence-corrected chi connectivity index (χ2v) is 7.42. The van der Waals surface area contributed by atoms with Gasteiger partial charge in [-0.15, -0.1) is 0 Å². The third kappa shape index (κ3) is 3.70. The lowest BCUT2D eigenvalue weighted by molar-refractivity contribution is 0.0940. The Hall–Kier alpha value is -1.67. The van der Waals surface area contributed by atoms with E-state index in [1.54, 1.807) is 6.20 Å². The van der Waals surface area contributed by atoms with Crippen molar-refractivity contribution in [1.82, 2.24) is 14.9 Å². The first-order valence-electron chi connectivity index (χ1n) is 7.34. The Morgan fingerprint density at radius 3 is 2.67 bits per heavy atom. The molecule has 0 bridgehead atoms. The third-order valence-electron chi connectivity index (χ3n) is 3.70. The number of amides is 1. The van der Waals surface area contributed by atoms with Crippen LogP contribution in [0.1, 0.15) is 27.8 Å². The van der Waals surface area contributed by atoms with Gasteiger partial charge >= 0.3 is 0 Å². The van der Waals surface area contributed by atoms with Gasteiger partial charge in [-0.1, -0.05) is 46.3 Å². The van der Waals surface area contributed by atoms with E-state index in [2.05, 4.69) is 48.8 Å². The van der Waals surface area contributed by atoms with E-state index in [9.17, 15) is 4.79 Å². The number of nitrogens with zero attached hydrogens (tertiary/aromatic N) is 2. The van der Waals surface area contributed by atoms with Gasteiger partial charge in [-0.05, 0) is 46.4 Å². The minimum Gasteiger partial charge on any atom is -0.338 e. The molecule has 1 unspecified atom stereocenters. The van der Waals surface area contributed by atoms with Gasteiger partial charge in [0.15, 0.2) is 0 Å². The Bertz CT molecular complexity index is 864. The summed E-state index contributed by atoms with van der Waals surface area (Å²) in [7, 11) is 1.92. The Labute approximate surface area is 162 Å². The molecular formula is C18H15BrIN3O. The zero-order chi connectivity index (χ0) is 17.1. The molecule has 0 saturated carbocycles. The average molecular weight is 496 g/mol. The highest BCUT2D eigenvalue weighted by Crippen LogP contribution is 2.23. The quantitative estimate of drug-likeness (QED) is 0.548. The first-order valence-corrected chi connectivity index (χ1v) is 9.21. The number of halogens is 2. The zero-order valence-corrected chi connectivity index (χ0v) is 16.7. The standard InChI is InChI=1S/C18H15BrIN3O/c1-23-10-9-21-17(23)16(12-5-3-2-4-6-12)22-18(24)14-11-13(19)7-8-15(14)20/h2-11,16H,1H3,(H,22,24). The first kappa shape index (κ1) is 17.2. The molecule has 122 valence electrons. The van der Waals surface area contributed by atoms with Crippen LogP contribution in [0, 0.1) is 3.57 Å². The maximum atomic E-state index is 12.8. The number of benzene rings is 2. The molecule has 0 aliphatic heterocycles. The molecule has 0 saturated heterocycles. The average Bonchev–Trinajstić information content (AvgIpc) is 3.01. The maximum absolute atomic E-state index is 12.8. The highest BCUT2D eigenvalue weighted by molar-refractivity contribution is 14.1. The van der Waals surface area contributed by atoms with Crippen molar-refractivity contribution in [1.29, 1.82) is 0 Å². The van der Waals surface area contributed by atoms with Gasteiger partial charge in [-0.3, -0.25) is 4.79 Å². The van der Waals surface area contributed by atoms with Crippen LogP contribution < -0.4 is 5.32 Å². The fourth-order valence-corrected chi connectivity index (χ4v) is 3.42. The summed E-state index contributed by atoms with van der Waals surface area (Å²) in [5, 5.41) is 3.11. The molecule has 1 heterocycles. The minimum absolute atomic E-state index is 0.127. The van der Waals surface area contributed by atoms with E-state index in [0.29, 0.717) is 5.56 Å². The fourth-order valence-electron chi connectivity index (χ4n) is 2.48. The van der Waals surface area contributed by atoms with Gasteiger partial charge in [0.2, 0.25) is 0 Å². The first-order chi connectivity index (χ1) is 11.6. The zero-order valence-electron chi connectivity index (χ0n) is 12.9. The summed E-state index contributed by atoms with van der Waals surface area (Å²) in [6.07, 6.45) is 3.61. The predicted molar refractivity (Wildman–Crippen MR) is 106 cm³/mol. The summed E-state index contributed by atoms with van der Waals surface area (Å²) in [5.74, 6) is 0.664. The molecular weight excluding hydrogens is 481 g/mol. The molecule has 0 aliphatic rings. The van der Waals surface area contributed by atoms with Crippen molar-refractivity contribution in [3.63, 3.8) is 0 Å². The van der Waals surface area contributed by atoms with Crippen LogP contribution in [0.25, 0.3) is 0 Å².